The number of aryl methyl sites for hydroxylation is 2. The Morgan fingerprint density at radius 3 is 2.50 bits per heavy atom. The molecule has 1 aromatic heterocycles. The number of Topliss-reactive ketones (excluding diaryl/α,β-unsaturated/α-hetero) is 1. The zero-order valence-corrected chi connectivity index (χ0v) is 12.3. The van der Waals surface area contributed by atoms with Gasteiger partial charge in [0.15, 0.2) is 5.78 Å². The number of hydrogen-bond donors (Lipinski definition) is 1. The number of hydrogen-bond acceptors (Lipinski definition) is 2. The second-order valence-electron chi connectivity index (χ2n) is 5.26. The first-order valence-corrected chi connectivity index (χ1v) is 6.89. The summed E-state index contributed by atoms with van der Waals surface area (Å²) in [5.74, 6) is 0.869. The number of likely N-dealkylation sites (N-methyl/N-ethyl adjacent to an activating group) is 1. The van der Waals surface area contributed by atoms with E-state index < -0.39 is 0 Å². The van der Waals surface area contributed by atoms with Crippen molar-refractivity contribution in [1.82, 2.24) is 9.88 Å². The Bertz CT molecular complexity index is 395. The number of aromatic nitrogens is 1. The fourth-order valence-electron chi connectivity index (χ4n) is 2.18. The average Bonchev–Trinajstić information content (AvgIpc) is 2.67. The minimum absolute atomic E-state index is 0.224. The van der Waals surface area contributed by atoms with Gasteiger partial charge in [-0.05, 0) is 32.4 Å². The highest BCUT2D eigenvalue weighted by atomic mass is 16.1. The predicted molar refractivity (Wildman–Crippen MR) is 76.2 cm³/mol. The summed E-state index contributed by atoms with van der Waals surface area (Å²) in [5, 5.41) is 0. The molecule has 3 heteroatoms. The van der Waals surface area contributed by atoms with Gasteiger partial charge in [0.2, 0.25) is 0 Å². The van der Waals surface area contributed by atoms with Gasteiger partial charge in [0.1, 0.15) is 0 Å². The molecule has 1 rings (SSSR count). The Kier molecular flexibility index (Phi) is 5.60. The molecular weight excluding hydrogens is 224 g/mol. The number of carbonyl (C=O) groups excluding carboxylic acids is 1. The fraction of sp³-hybridized carbons (Fsp3) is 0.667. The molecule has 0 bridgehead atoms. The van der Waals surface area contributed by atoms with E-state index in [0.29, 0.717) is 12.5 Å². The molecule has 1 N–H and O–H groups in total. The Balaban J connectivity index is 2.65. The summed E-state index contributed by atoms with van der Waals surface area (Å²) in [5.41, 5.74) is 2.88. The molecule has 0 radical (unpaired) electrons. The van der Waals surface area contributed by atoms with E-state index in [0.717, 1.165) is 36.5 Å². The molecule has 1 atom stereocenters. The summed E-state index contributed by atoms with van der Waals surface area (Å²) < 4.78 is 0. The number of aromatic amines is 1. The first kappa shape index (κ1) is 15.0. The lowest BCUT2D eigenvalue weighted by atomic mass is 10.1. The number of H-pyrrole nitrogens is 1. The summed E-state index contributed by atoms with van der Waals surface area (Å²) in [6.07, 6.45) is 1.16. The molecule has 1 aromatic rings. The molecule has 3 nitrogen and oxygen atoms in total. The normalized spacial score (nSPS) is 13.0. The van der Waals surface area contributed by atoms with Gasteiger partial charge < -0.3 is 4.98 Å². The highest BCUT2D eigenvalue weighted by Gasteiger charge is 2.16. The van der Waals surface area contributed by atoms with Gasteiger partial charge in [0.05, 0.1) is 6.54 Å². The quantitative estimate of drug-likeness (QED) is 0.754. The number of carbonyl (C=O) groups is 1. The molecule has 18 heavy (non-hydrogen) atoms. The van der Waals surface area contributed by atoms with Crippen LogP contribution in [0.3, 0.4) is 0 Å². The van der Waals surface area contributed by atoms with E-state index >= 15 is 0 Å². The van der Waals surface area contributed by atoms with Crippen LogP contribution in [-0.2, 0) is 0 Å². The molecule has 0 aromatic carbocycles. The molecule has 0 saturated heterocycles. The lowest BCUT2D eigenvalue weighted by molar-refractivity contribution is 0.0923. The SMILES string of the molecule is CCC(C)CN(CC)CC(=O)c1cc(C)[nH]c1C. The van der Waals surface area contributed by atoms with Crippen LogP contribution in [0.15, 0.2) is 6.07 Å². The number of rotatable bonds is 7. The second-order valence-corrected chi connectivity index (χ2v) is 5.26. The lowest BCUT2D eigenvalue weighted by Crippen LogP contribution is -2.33. The van der Waals surface area contributed by atoms with Gasteiger partial charge in [-0.1, -0.05) is 27.2 Å². The minimum Gasteiger partial charge on any atom is -0.362 e. The molecular formula is C15H26N2O. The Morgan fingerprint density at radius 1 is 1.39 bits per heavy atom. The van der Waals surface area contributed by atoms with Crippen LogP contribution in [-0.4, -0.2) is 35.3 Å². The topological polar surface area (TPSA) is 36.1 Å². The maximum atomic E-state index is 12.3. The Labute approximate surface area is 111 Å². The third kappa shape index (κ3) is 3.98. The van der Waals surface area contributed by atoms with Crippen LogP contribution in [0.2, 0.25) is 0 Å². The predicted octanol–water partition coefficient (Wildman–Crippen LogP) is 3.18. The summed E-state index contributed by atoms with van der Waals surface area (Å²) in [4.78, 5) is 17.7. The average molecular weight is 250 g/mol. The largest absolute Gasteiger partial charge is 0.362 e. The van der Waals surface area contributed by atoms with Gasteiger partial charge in [0, 0.05) is 23.5 Å². The van der Waals surface area contributed by atoms with Crippen molar-refractivity contribution in [1.29, 1.82) is 0 Å². The van der Waals surface area contributed by atoms with Crippen molar-refractivity contribution in [3.05, 3.63) is 23.0 Å². The zero-order valence-electron chi connectivity index (χ0n) is 12.3. The lowest BCUT2D eigenvalue weighted by Gasteiger charge is -2.22. The van der Waals surface area contributed by atoms with Crippen molar-refractivity contribution in [2.75, 3.05) is 19.6 Å². The van der Waals surface area contributed by atoms with Crippen LogP contribution >= 0.6 is 0 Å². The fourth-order valence-corrected chi connectivity index (χ4v) is 2.18. The highest BCUT2D eigenvalue weighted by molar-refractivity contribution is 5.98. The number of nitrogens with one attached hydrogen (secondary N) is 1. The number of nitrogens with zero attached hydrogens (tertiary/aromatic N) is 1. The van der Waals surface area contributed by atoms with Crippen LogP contribution in [0.4, 0.5) is 0 Å². The van der Waals surface area contributed by atoms with Crippen LogP contribution in [0.25, 0.3) is 0 Å². The standard InChI is InChI=1S/C15H26N2O/c1-6-11(3)9-17(7-2)10-15(18)14-8-12(4)16-13(14)5/h8,11,16H,6-7,9-10H2,1-5H3. The third-order valence-corrected chi connectivity index (χ3v) is 3.53. The molecule has 0 aliphatic heterocycles. The third-order valence-electron chi connectivity index (χ3n) is 3.53. The van der Waals surface area contributed by atoms with Crippen LogP contribution in [0.5, 0.6) is 0 Å². The molecule has 0 aliphatic carbocycles. The van der Waals surface area contributed by atoms with Crippen molar-refractivity contribution in [2.24, 2.45) is 5.92 Å². The van der Waals surface area contributed by atoms with Gasteiger partial charge in [0.25, 0.3) is 0 Å². The van der Waals surface area contributed by atoms with Crippen LogP contribution in [0, 0.1) is 19.8 Å². The summed E-state index contributed by atoms with van der Waals surface area (Å²) in [7, 11) is 0. The van der Waals surface area contributed by atoms with Gasteiger partial charge in [-0.15, -0.1) is 0 Å². The molecule has 0 saturated carbocycles. The molecule has 0 aliphatic rings. The van der Waals surface area contributed by atoms with Crippen molar-refractivity contribution < 1.29 is 4.79 Å². The summed E-state index contributed by atoms with van der Waals surface area (Å²) in [6.45, 7) is 13.0. The van der Waals surface area contributed by atoms with E-state index in [9.17, 15) is 4.79 Å². The van der Waals surface area contributed by atoms with E-state index in [1.165, 1.54) is 0 Å². The van der Waals surface area contributed by atoms with E-state index in [1.54, 1.807) is 0 Å². The van der Waals surface area contributed by atoms with Gasteiger partial charge in [-0.2, -0.15) is 0 Å². The van der Waals surface area contributed by atoms with E-state index in [1.807, 2.05) is 19.9 Å². The second kappa shape index (κ2) is 6.74. The Morgan fingerprint density at radius 2 is 2.06 bits per heavy atom. The highest BCUT2D eigenvalue weighted by Crippen LogP contribution is 2.12. The molecule has 0 fully saturated rings. The van der Waals surface area contributed by atoms with Crippen LogP contribution < -0.4 is 0 Å². The van der Waals surface area contributed by atoms with E-state index in [4.69, 9.17) is 0 Å². The first-order valence-electron chi connectivity index (χ1n) is 6.89. The first-order chi connectivity index (χ1) is 8.47. The minimum atomic E-state index is 0.224. The molecule has 0 amide bonds. The maximum absolute atomic E-state index is 12.3. The van der Waals surface area contributed by atoms with Crippen molar-refractivity contribution in [3.63, 3.8) is 0 Å². The number of ketones is 1. The van der Waals surface area contributed by atoms with Gasteiger partial charge in [-0.25, -0.2) is 0 Å². The smallest absolute Gasteiger partial charge is 0.178 e. The summed E-state index contributed by atoms with van der Waals surface area (Å²) in [6, 6.07) is 1.95. The zero-order chi connectivity index (χ0) is 13.7. The van der Waals surface area contributed by atoms with Gasteiger partial charge in [-0.3, -0.25) is 9.69 Å². The van der Waals surface area contributed by atoms with Gasteiger partial charge >= 0.3 is 0 Å². The van der Waals surface area contributed by atoms with Crippen molar-refractivity contribution in [3.8, 4) is 0 Å². The van der Waals surface area contributed by atoms with E-state index in [2.05, 4.69) is 30.7 Å². The molecule has 1 unspecified atom stereocenters. The van der Waals surface area contributed by atoms with Crippen molar-refractivity contribution in [2.45, 2.75) is 41.0 Å². The Hall–Kier alpha value is -1.09. The molecule has 102 valence electrons. The maximum Gasteiger partial charge on any atom is 0.178 e. The van der Waals surface area contributed by atoms with Crippen molar-refractivity contribution >= 4 is 5.78 Å². The summed E-state index contributed by atoms with van der Waals surface area (Å²) >= 11 is 0. The van der Waals surface area contributed by atoms with E-state index in [-0.39, 0.29) is 5.78 Å². The van der Waals surface area contributed by atoms with Crippen LogP contribution in [0.1, 0.15) is 48.9 Å². The molecule has 0 spiro atoms. The molecule has 1 heterocycles. The monoisotopic (exact) mass is 250 g/mol.